The summed E-state index contributed by atoms with van der Waals surface area (Å²) in [6.45, 7) is 0. The van der Waals surface area contributed by atoms with Gasteiger partial charge in [0.25, 0.3) is 11.8 Å². The molecule has 0 fully saturated rings. The van der Waals surface area contributed by atoms with Gasteiger partial charge in [0.15, 0.2) is 0 Å². The van der Waals surface area contributed by atoms with Gasteiger partial charge in [0.1, 0.15) is 19.0 Å². The van der Waals surface area contributed by atoms with Gasteiger partial charge in [-0.3, -0.25) is 14.9 Å². The van der Waals surface area contributed by atoms with Crippen molar-refractivity contribution in [2.24, 2.45) is 0 Å². The van der Waals surface area contributed by atoms with Crippen LogP contribution >= 0.6 is 0 Å². The maximum Gasteiger partial charge on any atom is 0.258 e. The molecule has 0 radical (unpaired) electrons. The van der Waals surface area contributed by atoms with Crippen molar-refractivity contribution < 1.29 is 9.59 Å². The summed E-state index contributed by atoms with van der Waals surface area (Å²) < 4.78 is 0. The Kier molecular flexibility index (Phi) is 3.15. The van der Waals surface area contributed by atoms with E-state index < -0.39 is 0 Å². The molecule has 3 rings (SSSR count). The average Bonchev–Trinajstić information content (AvgIpc) is 2.69. The van der Waals surface area contributed by atoms with Crippen LogP contribution in [0.15, 0.2) is 43.2 Å². The normalized spacial score (nSPS) is 12.2. The molecule has 17 heavy (non-hydrogen) atoms. The SMILES string of the molecule is O=C1NC(=O)c2ccccc21.c1ncncn1. The van der Waals surface area contributed by atoms with Crippen LogP contribution in [0.4, 0.5) is 0 Å². The number of aromatic nitrogens is 3. The Morgan fingerprint density at radius 2 is 1.18 bits per heavy atom. The number of carbonyl (C=O) groups is 2. The van der Waals surface area contributed by atoms with Gasteiger partial charge in [-0.15, -0.1) is 0 Å². The van der Waals surface area contributed by atoms with Crippen molar-refractivity contribution in [3.8, 4) is 0 Å². The van der Waals surface area contributed by atoms with Crippen LogP contribution in [-0.4, -0.2) is 26.8 Å². The van der Waals surface area contributed by atoms with Crippen molar-refractivity contribution >= 4 is 11.8 Å². The standard InChI is InChI=1S/C8H5NO2.C3H3N3/c10-7-5-3-1-2-4-6(5)8(11)9-7;1-4-2-6-3-5-1/h1-4H,(H,9,10,11);1-3H. The summed E-state index contributed by atoms with van der Waals surface area (Å²) in [5, 5.41) is 2.20. The van der Waals surface area contributed by atoms with Gasteiger partial charge in [-0.1, -0.05) is 12.1 Å². The Morgan fingerprint density at radius 3 is 1.53 bits per heavy atom. The molecule has 2 heterocycles. The third kappa shape index (κ3) is 2.49. The summed E-state index contributed by atoms with van der Waals surface area (Å²) in [5.74, 6) is -0.601. The number of hydrogen-bond acceptors (Lipinski definition) is 5. The zero-order chi connectivity index (χ0) is 12.1. The number of carbonyl (C=O) groups excluding carboxylic acids is 2. The molecule has 1 aromatic carbocycles. The second kappa shape index (κ2) is 4.93. The molecule has 0 saturated heterocycles. The van der Waals surface area contributed by atoms with Crippen molar-refractivity contribution in [1.29, 1.82) is 0 Å². The van der Waals surface area contributed by atoms with Gasteiger partial charge in [0.2, 0.25) is 0 Å². The number of fused-ring (bicyclic) bond motifs is 1. The highest BCUT2D eigenvalue weighted by Crippen LogP contribution is 2.13. The van der Waals surface area contributed by atoms with Crippen molar-refractivity contribution in [3.05, 3.63) is 54.4 Å². The van der Waals surface area contributed by atoms with E-state index in [4.69, 9.17) is 0 Å². The predicted octanol–water partition coefficient (Wildman–Crippen LogP) is 0.442. The molecule has 84 valence electrons. The minimum absolute atomic E-state index is 0.300. The first-order chi connectivity index (χ1) is 8.29. The van der Waals surface area contributed by atoms with Gasteiger partial charge < -0.3 is 0 Å². The van der Waals surface area contributed by atoms with Crippen molar-refractivity contribution in [1.82, 2.24) is 20.3 Å². The van der Waals surface area contributed by atoms with Gasteiger partial charge in [-0.05, 0) is 12.1 Å². The Hall–Kier alpha value is -2.63. The molecule has 0 saturated carbocycles. The van der Waals surface area contributed by atoms with Crippen LogP contribution in [0, 0.1) is 0 Å². The van der Waals surface area contributed by atoms with Crippen LogP contribution in [-0.2, 0) is 0 Å². The van der Waals surface area contributed by atoms with Gasteiger partial charge in [-0.2, -0.15) is 0 Å². The van der Waals surface area contributed by atoms with E-state index in [1.54, 1.807) is 24.3 Å². The van der Waals surface area contributed by atoms with Gasteiger partial charge in [0, 0.05) is 0 Å². The average molecular weight is 228 g/mol. The molecular formula is C11H8N4O2. The second-order valence-corrected chi connectivity index (χ2v) is 3.12. The van der Waals surface area contributed by atoms with E-state index in [-0.39, 0.29) is 11.8 Å². The van der Waals surface area contributed by atoms with Gasteiger partial charge >= 0.3 is 0 Å². The van der Waals surface area contributed by atoms with Crippen LogP contribution in [0.25, 0.3) is 0 Å². The first kappa shape index (κ1) is 10.9. The molecule has 1 aliphatic heterocycles. The molecule has 0 spiro atoms. The quantitative estimate of drug-likeness (QED) is 0.661. The summed E-state index contributed by atoms with van der Waals surface area (Å²) in [7, 11) is 0. The third-order valence-electron chi connectivity index (χ3n) is 2.04. The van der Waals surface area contributed by atoms with E-state index in [0.717, 1.165) is 0 Å². The van der Waals surface area contributed by atoms with Crippen molar-refractivity contribution in [3.63, 3.8) is 0 Å². The minimum Gasteiger partial charge on any atom is -0.288 e. The van der Waals surface area contributed by atoms with E-state index in [1.165, 1.54) is 19.0 Å². The van der Waals surface area contributed by atoms with Gasteiger partial charge in [0.05, 0.1) is 11.1 Å². The maximum absolute atomic E-state index is 10.9. The molecule has 1 aromatic heterocycles. The summed E-state index contributed by atoms with van der Waals surface area (Å²) in [6.07, 6.45) is 4.31. The Bertz CT molecular complexity index is 482. The second-order valence-electron chi connectivity index (χ2n) is 3.12. The highest BCUT2D eigenvalue weighted by atomic mass is 16.2. The zero-order valence-electron chi connectivity index (χ0n) is 8.70. The van der Waals surface area contributed by atoms with Crippen LogP contribution in [0.3, 0.4) is 0 Å². The fraction of sp³-hybridized carbons (Fsp3) is 0. The predicted molar refractivity (Wildman–Crippen MR) is 58.1 cm³/mol. The van der Waals surface area contributed by atoms with Crippen LogP contribution < -0.4 is 5.32 Å². The number of amides is 2. The Balaban J connectivity index is 0.000000153. The minimum atomic E-state index is -0.300. The maximum atomic E-state index is 10.9. The zero-order valence-corrected chi connectivity index (χ0v) is 8.70. The molecule has 0 unspecified atom stereocenters. The largest absolute Gasteiger partial charge is 0.288 e. The lowest BCUT2D eigenvalue weighted by atomic mass is 10.1. The Morgan fingerprint density at radius 1 is 0.765 bits per heavy atom. The number of nitrogens with one attached hydrogen (secondary N) is 1. The molecule has 6 heteroatoms. The molecule has 2 aromatic rings. The van der Waals surface area contributed by atoms with E-state index in [0.29, 0.717) is 11.1 Å². The Labute approximate surface area is 96.8 Å². The van der Waals surface area contributed by atoms with E-state index >= 15 is 0 Å². The smallest absolute Gasteiger partial charge is 0.258 e. The van der Waals surface area contributed by atoms with E-state index in [1.807, 2.05) is 0 Å². The first-order valence-electron chi connectivity index (χ1n) is 4.78. The van der Waals surface area contributed by atoms with Crippen molar-refractivity contribution in [2.45, 2.75) is 0 Å². The molecule has 0 aliphatic carbocycles. The highest BCUT2D eigenvalue weighted by Gasteiger charge is 2.25. The number of hydrogen-bond donors (Lipinski definition) is 1. The first-order valence-corrected chi connectivity index (χ1v) is 4.78. The lowest BCUT2D eigenvalue weighted by molar-refractivity contribution is 0.0879. The number of imide groups is 1. The van der Waals surface area contributed by atoms with Gasteiger partial charge in [-0.25, -0.2) is 15.0 Å². The third-order valence-corrected chi connectivity index (χ3v) is 2.04. The van der Waals surface area contributed by atoms with Crippen LogP contribution in [0.2, 0.25) is 0 Å². The van der Waals surface area contributed by atoms with Crippen molar-refractivity contribution in [2.75, 3.05) is 0 Å². The number of rotatable bonds is 0. The molecule has 0 atom stereocenters. The summed E-state index contributed by atoms with van der Waals surface area (Å²) in [6, 6.07) is 6.74. The monoisotopic (exact) mass is 228 g/mol. The summed E-state index contributed by atoms with van der Waals surface area (Å²) in [5.41, 5.74) is 0.940. The van der Waals surface area contributed by atoms with Crippen LogP contribution in [0.5, 0.6) is 0 Å². The lowest BCUT2D eigenvalue weighted by Crippen LogP contribution is -2.19. The van der Waals surface area contributed by atoms with E-state index in [2.05, 4.69) is 20.3 Å². The molecule has 0 bridgehead atoms. The highest BCUT2D eigenvalue weighted by molar-refractivity contribution is 6.21. The fourth-order valence-electron chi connectivity index (χ4n) is 1.32. The summed E-state index contributed by atoms with van der Waals surface area (Å²) in [4.78, 5) is 32.6. The molecule has 6 nitrogen and oxygen atoms in total. The molecular weight excluding hydrogens is 220 g/mol. The summed E-state index contributed by atoms with van der Waals surface area (Å²) >= 11 is 0. The number of nitrogens with zero attached hydrogens (tertiary/aromatic N) is 3. The molecule has 1 N–H and O–H groups in total. The molecule has 1 aliphatic rings. The topological polar surface area (TPSA) is 84.8 Å². The molecule has 2 amide bonds. The van der Waals surface area contributed by atoms with E-state index in [9.17, 15) is 9.59 Å². The lowest BCUT2D eigenvalue weighted by Gasteiger charge is -1.88. The van der Waals surface area contributed by atoms with Crippen LogP contribution in [0.1, 0.15) is 20.7 Å². The number of benzene rings is 1. The fourth-order valence-corrected chi connectivity index (χ4v) is 1.32.